The van der Waals surface area contributed by atoms with Gasteiger partial charge in [0.2, 0.25) is 5.91 Å². The van der Waals surface area contributed by atoms with E-state index >= 15 is 0 Å². The Balaban J connectivity index is 2.82. The molecule has 1 amide bonds. The van der Waals surface area contributed by atoms with Crippen molar-refractivity contribution in [2.75, 3.05) is 11.9 Å². The summed E-state index contributed by atoms with van der Waals surface area (Å²) in [4.78, 5) is 22.7. The van der Waals surface area contributed by atoms with E-state index in [1.165, 1.54) is 0 Å². The minimum Gasteiger partial charge on any atom is -0.464 e. The zero-order valence-corrected chi connectivity index (χ0v) is 10.8. The lowest BCUT2D eigenvalue weighted by atomic mass is 10.1. The number of ether oxygens (including phenoxy) is 1. The molecule has 0 aromatic heterocycles. The summed E-state index contributed by atoms with van der Waals surface area (Å²) in [6.45, 7) is 5.59. The van der Waals surface area contributed by atoms with Gasteiger partial charge in [-0.2, -0.15) is 0 Å². The first-order chi connectivity index (χ1) is 8.45. The molecule has 0 bridgehead atoms. The van der Waals surface area contributed by atoms with E-state index in [0.29, 0.717) is 17.9 Å². The molecule has 0 spiro atoms. The highest BCUT2D eigenvalue weighted by Crippen LogP contribution is 2.16. The fraction of sp³-hybridized carbons (Fsp3) is 0.385. The molecule has 0 aliphatic heterocycles. The number of amides is 1. The predicted octanol–water partition coefficient (Wildman–Crippen LogP) is 1.46. The number of nitrogens with two attached hydrogens (primary N) is 1. The molecule has 5 nitrogen and oxygen atoms in total. The van der Waals surface area contributed by atoms with Crippen LogP contribution in [-0.2, 0) is 9.53 Å². The number of carbonyl (C=O) groups excluding carboxylic acids is 2. The summed E-state index contributed by atoms with van der Waals surface area (Å²) in [6.07, 6.45) is 0. The molecule has 1 aromatic rings. The summed E-state index contributed by atoms with van der Waals surface area (Å²) in [5.41, 5.74) is 7.17. The van der Waals surface area contributed by atoms with Crippen LogP contribution in [-0.4, -0.2) is 24.5 Å². The van der Waals surface area contributed by atoms with E-state index in [9.17, 15) is 9.59 Å². The largest absolute Gasteiger partial charge is 0.464 e. The number of aryl methyl sites for hydroxylation is 1. The SMILES string of the molecule is CCOC(=O)C(C)Nc1ccc(C)c(C(N)=O)c1. The van der Waals surface area contributed by atoms with E-state index in [-0.39, 0.29) is 5.97 Å². The van der Waals surface area contributed by atoms with E-state index in [0.717, 1.165) is 5.56 Å². The molecule has 3 N–H and O–H groups in total. The standard InChI is InChI=1S/C13H18N2O3/c1-4-18-13(17)9(3)15-10-6-5-8(2)11(7-10)12(14)16/h5-7,9,15H,4H2,1-3H3,(H2,14,16). The number of anilines is 1. The Morgan fingerprint density at radius 1 is 1.44 bits per heavy atom. The molecule has 1 atom stereocenters. The lowest BCUT2D eigenvalue weighted by Gasteiger charge is -2.15. The Bertz CT molecular complexity index is 458. The van der Waals surface area contributed by atoms with Gasteiger partial charge in [-0.15, -0.1) is 0 Å². The van der Waals surface area contributed by atoms with Crippen LogP contribution in [0.2, 0.25) is 0 Å². The van der Waals surface area contributed by atoms with Crippen LogP contribution in [0.1, 0.15) is 29.8 Å². The Morgan fingerprint density at radius 3 is 2.67 bits per heavy atom. The van der Waals surface area contributed by atoms with Gasteiger partial charge < -0.3 is 15.8 Å². The van der Waals surface area contributed by atoms with Gasteiger partial charge in [-0.25, -0.2) is 4.79 Å². The third kappa shape index (κ3) is 3.48. The molecule has 0 aliphatic carbocycles. The van der Waals surface area contributed by atoms with E-state index in [4.69, 9.17) is 10.5 Å². The average molecular weight is 250 g/mol. The van der Waals surface area contributed by atoms with Crippen molar-refractivity contribution in [2.45, 2.75) is 26.8 Å². The number of rotatable bonds is 5. The van der Waals surface area contributed by atoms with E-state index < -0.39 is 11.9 Å². The molecule has 0 aliphatic rings. The summed E-state index contributed by atoms with van der Waals surface area (Å²) in [6, 6.07) is 4.72. The Labute approximate surface area is 106 Å². The van der Waals surface area contributed by atoms with Crippen molar-refractivity contribution in [3.05, 3.63) is 29.3 Å². The van der Waals surface area contributed by atoms with E-state index in [1.807, 2.05) is 0 Å². The van der Waals surface area contributed by atoms with Gasteiger partial charge in [0.1, 0.15) is 6.04 Å². The van der Waals surface area contributed by atoms with Crippen LogP contribution in [0.5, 0.6) is 0 Å². The zero-order valence-electron chi connectivity index (χ0n) is 10.8. The predicted molar refractivity (Wildman–Crippen MR) is 69.4 cm³/mol. The molecular formula is C13H18N2O3. The normalized spacial score (nSPS) is 11.7. The van der Waals surface area contributed by atoms with Gasteiger partial charge in [-0.05, 0) is 38.5 Å². The minimum absolute atomic E-state index is 0.335. The molecule has 1 aromatic carbocycles. The number of hydrogen-bond donors (Lipinski definition) is 2. The molecular weight excluding hydrogens is 232 g/mol. The van der Waals surface area contributed by atoms with Crippen LogP contribution in [0, 0.1) is 6.92 Å². The quantitative estimate of drug-likeness (QED) is 0.775. The number of nitrogens with one attached hydrogen (secondary N) is 1. The summed E-state index contributed by atoms with van der Waals surface area (Å²) >= 11 is 0. The first kappa shape index (κ1) is 14.0. The lowest BCUT2D eigenvalue weighted by molar-refractivity contribution is -0.143. The van der Waals surface area contributed by atoms with Crippen molar-refractivity contribution < 1.29 is 14.3 Å². The van der Waals surface area contributed by atoms with E-state index in [2.05, 4.69) is 5.32 Å². The number of hydrogen-bond acceptors (Lipinski definition) is 4. The van der Waals surface area contributed by atoms with Crippen molar-refractivity contribution in [2.24, 2.45) is 5.73 Å². The van der Waals surface area contributed by atoms with Crippen LogP contribution < -0.4 is 11.1 Å². The van der Waals surface area contributed by atoms with Crippen molar-refractivity contribution in [1.29, 1.82) is 0 Å². The highest BCUT2D eigenvalue weighted by Gasteiger charge is 2.14. The lowest BCUT2D eigenvalue weighted by Crippen LogP contribution is -2.28. The number of esters is 1. The number of primary amides is 1. The summed E-state index contributed by atoms with van der Waals surface area (Å²) in [5, 5.41) is 2.97. The van der Waals surface area contributed by atoms with Gasteiger partial charge in [0, 0.05) is 11.3 Å². The fourth-order valence-electron chi connectivity index (χ4n) is 1.55. The molecule has 0 heterocycles. The van der Waals surface area contributed by atoms with Gasteiger partial charge >= 0.3 is 5.97 Å². The van der Waals surface area contributed by atoms with Gasteiger partial charge in [-0.3, -0.25) is 4.79 Å². The van der Waals surface area contributed by atoms with Gasteiger partial charge in [-0.1, -0.05) is 6.07 Å². The smallest absolute Gasteiger partial charge is 0.328 e. The Kier molecular flexibility index (Phi) is 4.71. The Morgan fingerprint density at radius 2 is 2.11 bits per heavy atom. The van der Waals surface area contributed by atoms with E-state index in [1.54, 1.807) is 39.0 Å². The monoisotopic (exact) mass is 250 g/mol. The summed E-state index contributed by atoms with van der Waals surface area (Å²) in [7, 11) is 0. The van der Waals surface area contributed by atoms with Gasteiger partial charge in [0.05, 0.1) is 6.61 Å². The summed E-state index contributed by atoms with van der Waals surface area (Å²) in [5.74, 6) is -0.821. The molecule has 18 heavy (non-hydrogen) atoms. The summed E-state index contributed by atoms with van der Waals surface area (Å²) < 4.78 is 4.88. The molecule has 5 heteroatoms. The first-order valence-corrected chi connectivity index (χ1v) is 5.79. The van der Waals surface area contributed by atoms with Crippen LogP contribution in [0.4, 0.5) is 5.69 Å². The van der Waals surface area contributed by atoms with Crippen LogP contribution in [0.15, 0.2) is 18.2 Å². The molecule has 0 radical (unpaired) electrons. The van der Waals surface area contributed by atoms with Gasteiger partial charge in [0.25, 0.3) is 0 Å². The maximum atomic E-state index is 11.5. The highest BCUT2D eigenvalue weighted by molar-refractivity contribution is 5.95. The molecule has 1 unspecified atom stereocenters. The second kappa shape index (κ2) is 6.05. The second-order valence-electron chi connectivity index (χ2n) is 4.01. The maximum absolute atomic E-state index is 11.5. The van der Waals surface area contributed by atoms with Gasteiger partial charge in [0.15, 0.2) is 0 Å². The maximum Gasteiger partial charge on any atom is 0.328 e. The van der Waals surface area contributed by atoms with Crippen molar-refractivity contribution >= 4 is 17.6 Å². The molecule has 0 saturated heterocycles. The van der Waals surface area contributed by atoms with Crippen LogP contribution in [0.25, 0.3) is 0 Å². The topological polar surface area (TPSA) is 81.4 Å². The minimum atomic E-state index is -0.486. The fourth-order valence-corrected chi connectivity index (χ4v) is 1.55. The van der Waals surface area contributed by atoms with Crippen LogP contribution >= 0.6 is 0 Å². The third-order valence-electron chi connectivity index (χ3n) is 2.53. The van der Waals surface area contributed by atoms with Crippen molar-refractivity contribution in [1.82, 2.24) is 0 Å². The molecule has 98 valence electrons. The highest BCUT2D eigenvalue weighted by atomic mass is 16.5. The molecule has 0 saturated carbocycles. The third-order valence-corrected chi connectivity index (χ3v) is 2.53. The molecule has 1 rings (SSSR count). The average Bonchev–Trinajstić information content (AvgIpc) is 2.31. The Hall–Kier alpha value is -2.04. The number of carbonyl (C=O) groups is 2. The zero-order chi connectivity index (χ0) is 13.7. The molecule has 0 fully saturated rings. The first-order valence-electron chi connectivity index (χ1n) is 5.79. The van der Waals surface area contributed by atoms with Crippen molar-refractivity contribution in [3.63, 3.8) is 0 Å². The van der Waals surface area contributed by atoms with Crippen molar-refractivity contribution in [3.8, 4) is 0 Å². The number of benzene rings is 1. The second-order valence-corrected chi connectivity index (χ2v) is 4.01. The van der Waals surface area contributed by atoms with Crippen LogP contribution in [0.3, 0.4) is 0 Å².